The van der Waals surface area contributed by atoms with E-state index in [1.807, 2.05) is 0 Å². The number of aromatic nitrogens is 3. The first-order valence-corrected chi connectivity index (χ1v) is 6.97. The summed E-state index contributed by atoms with van der Waals surface area (Å²) in [5.41, 5.74) is 0.590. The highest BCUT2D eigenvalue weighted by molar-refractivity contribution is 7.92. The molecule has 0 saturated heterocycles. The third-order valence-corrected chi connectivity index (χ3v) is 3.82. The number of rotatable bonds is 3. The molecule has 0 spiro atoms. The summed E-state index contributed by atoms with van der Waals surface area (Å²) in [6.45, 7) is 3.39. The number of aryl methyl sites for hydroxylation is 3. The van der Waals surface area contributed by atoms with Crippen molar-refractivity contribution in [1.29, 1.82) is 0 Å². The van der Waals surface area contributed by atoms with Crippen LogP contribution in [0.1, 0.15) is 11.5 Å². The minimum Gasteiger partial charge on any atom is -0.504 e. The summed E-state index contributed by atoms with van der Waals surface area (Å²) in [4.78, 5) is 7.87. The van der Waals surface area contributed by atoms with Gasteiger partial charge in [-0.05, 0) is 26.0 Å². The summed E-state index contributed by atoms with van der Waals surface area (Å²) in [5.74, 6) is 0.229. The van der Waals surface area contributed by atoms with E-state index < -0.39 is 10.0 Å². The van der Waals surface area contributed by atoms with Crippen molar-refractivity contribution < 1.29 is 13.5 Å². The van der Waals surface area contributed by atoms with Crippen molar-refractivity contribution in [3.8, 4) is 5.75 Å². The van der Waals surface area contributed by atoms with Gasteiger partial charge >= 0.3 is 0 Å². The van der Waals surface area contributed by atoms with E-state index in [1.165, 1.54) is 12.3 Å². The molecule has 2 N–H and O–H groups in total. The first kappa shape index (κ1) is 13.3. The molecular formula is C11H14N4O3S. The zero-order chi connectivity index (χ0) is 14.2. The average Bonchev–Trinajstić information content (AvgIpc) is 2.65. The summed E-state index contributed by atoms with van der Waals surface area (Å²) in [6, 6.07) is 2.96. The number of nitrogens with one attached hydrogen (secondary N) is 1. The van der Waals surface area contributed by atoms with Gasteiger partial charge in [-0.25, -0.2) is 9.97 Å². The van der Waals surface area contributed by atoms with Crippen LogP contribution in [0.2, 0.25) is 0 Å². The predicted octanol–water partition coefficient (Wildman–Crippen LogP) is 0.938. The monoisotopic (exact) mass is 282 g/mol. The van der Waals surface area contributed by atoms with E-state index in [9.17, 15) is 13.5 Å². The Labute approximate surface area is 111 Å². The maximum absolute atomic E-state index is 12.1. The van der Waals surface area contributed by atoms with Gasteiger partial charge < -0.3 is 9.67 Å². The second kappa shape index (κ2) is 4.54. The fraction of sp³-hybridized carbons (Fsp3) is 0.273. The first-order chi connectivity index (χ1) is 8.79. The van der Waals surface area contributed by atoms with E-state index in [0.717, 1.165) is 0 Å². The maximum atomic E-state index is 12.1. The van der Waals surface area contributed by atoms with Gasteiger partial charge in [-0.3, -0.25) is 4.72 Å². The van der Waals surface area contributed by atoms with Crippen LogP contribution in [0, 0.1) is 13.8 Å². The van der Waals surface area contributed by atoms with E-state index in [-0.39, 0.29) is 16.6 Å². The highest BCUT2D eigenvalue weighted by Crippen LogP contribution is 2.23. The molecule has 0 bridgehead atoms. The van der Waals surface area contributed by atoms with Gasteiger partial charge in [0.1, 0.15) is 5.82 Å². The average molecular weight is 282 g/mol. The topological polar surface area (TPSA) is 97.1 Å². The van der Waals surface area contributed by atoms with Crippen molar-refractivity contribution in [2.24, 2.45) is 7.05 Å². The van der Waals surface area contributed by atoms with Crippen LogP contribution in [0.4, 0.5) is 5.82 Å². The number of pyridine rings is 1. The SMILES string of the molecule is Cc1ccc(O)c(NS(=O)(=O)c2cn(C)c(C)n2)n1. The largest absolute Gasteiger partial charge is 0.504 e. The van der Waals surface area contributed by atoms with E-state index in [0.29, 0.717) is 11.5 Å². The zero-order valence-electron chi connectivity index (χ0n) is 10.7. The third-order valence-electron chi connectivity index (χ3n) is 2.61. The number of nitrogens with zero attached hydrogens (tertiary/aromatic N) is 3. The van der Waals surface area contributed by atoms with Gasteiger partial charge in [0.25, 0.3) is 10.0 Å². The Kier molecular flexibility index (Phi) is 3.19. The molecule has 2 aromatic rings. The van der Waals surface area contributed by atoms with Crippen molar-refractivity contribution >= 4 is 15.8 Å². The number of hydrogen-bond acceptors (Lipinski definition) is 5. The van der Waals surface area contributed by atoms with Crippen LogP contribution in [0.25, 0.3) is 0 Å². The maximum Gasteiger partial charge on any atom is 0.282 e. The number of aromatic hydroxyl groups is 1. The molecule has 0 unspecified atom stereocenters. The summed E-state index contributed by atoms with van der Waals surface area (Å²) in [6.07, 6.45) is 1.39. The second-order valence-electron chi connectivity index (χ2n) is 4.16. The summed E-state index contributed by atoms with van der Waals surface area (Å²) in [5, 5.41) is 9.47. The van der Waals surface area contributed by atoms with Gasteiger partial charge in [-0.2, -0.15) is 8.42 Å². The van der Waals surface area contributed by atoms with Crippen LogP contribution in [0.5, 0.6) is 5.75 Å². The first-order valence-electron chi connectivity index (χ1n) is 5.49. The summed E-state index contributed by atoms with van der Waals surface area (Å²) >= 11 is 0. The Bertz CT molecular complexity index is 702. The normalized spacial score (nSPS) is 11.5. The van der Waals surface area contributed by atoms with E-state index >= 15 is 0 Å². The van der Waals surface area contributed by atoms with Gasteiger partial charge in [0.05, 0.1) is 0 Å². The molecule has 0 atom stereocenters. The van der Waals surface area contributed by atoms with E-state index in [4.69, 9.17) is 0 Å². The lowest BCUT2D eigenvalue weighted by molar-refractivity contribution is 0.475. The Morgan fingerprint density at radius 3 is 2.53 bits per heavy atom. The van der Waals surface area contributed by atoms with E-state index in [2.05, 4.69) is 14.7 Å². The number of imidazole rings is 1. The van der Waals surface area contributed by atoms with Crippen LogP contribution in [0.15, 0.2) is 23.4 Å². The number of sulfonamides is 1. The molecule has 0 aliphatic heterocycles. The fourth-order valence-corrected chi connectivity index (χ4v) is 2.52. The molecule has 2 rings (SSSR count). The van der Waals surface area contributed by atoms with Crippen molar-refractivity contribution in [3.05, 3.63) is 29.8 Å². The molecule has 102 valence electrons. The standard InChI is InChI=1S/C11H14N4O3S/c1-7-4-5-9(16)11(12-7)14-19(17,18)10-6-15(3)8(2)13-10/h4-6,16H,1-3H3,(H,12,14). The molecule has 19 heavy (non-hydrogen) atoms. The second-order valence-corrected chi connectivity index (χ2v) is 5.79. The highest BCUT2D eigenvalue weighted by Gasteiger charge is 2.20. The van der Waals surface area contributed by atoms with Crippen LogP contribution < -0.4 is 4.72 Å². The Hall–Kier alpha value is -2.09. The van der Waals surface area contributed by atoms with Gasteiger partial charge in [0.2, 0.25) is 0 Å². The van der Waals surface area contributed by atoms with Gasteiger partial charge in [0.15, 0.2) is 16.6 Å². The molecule has 0 aliphatic rings. The minimum absolute atomic E-state index is 0.108. The Morgan fingerprint density at radius 2 is 1.95 bits per heavy atom. The number of anilines is 1. The molecular weight excluding hydrogens is 268 g/mol. The van der Waals surface area contributed by atoms with Gasteiger partial charge in [-0.15, -0.1) is 0 Å². The van der Waals surface area contributed by atoms with Gasteiger partial charge in [-0.1, -0.05) is 0 Å². The Balaban J connectivity index is 2.39. The molecule has 7 nitrogen and oxygen atoms in total. The predicted molar refractivity (Wildman–Crippen MR) is 69.4 cm³/mol. The Morgan fingerprint density at radius 1 is 1.26 bits per heavy atom. The molecule has 2 aromatic heterocycles. The quantitative estimate of drug-likeness (QED) is 0.873. The van der Waals surface area contributed by atoms with Crippen LogP contribution >= 0.6 is 0 Å². The van der Waals surface area contributed by atoms with Crippen molar-refractivity contribution in [1.82, 2.24) is 14.5 Å². The lowest BCUT2D eigenvalue weighted by Crippen LogP contribution is -2.14. The molecule has 8 heteroatoms. The molecule has 0 saturated carbocycles. The highest BCUT2D eigenvalue weighted by atomic mass is 32.2. The minimum atomic E-state index is -3.86. The van der Waals surface area contributed by atoms with Crippen LogP contribution in [-0.2, 0) is 17.1 Å². The zero-order valence-corrected chi connectivity index (χ0v) is 11.6. The van der Waals surface area contributed by atoms with Crippen LogP contribution in [-0.4, -0.2) is 28.1 Å². The molecule has 2 heterocycles. The smallest absolute Gasteiger partial charge is 0.282 e. The van der Waals surface area contributed by atoms with Crippen LogP contribution in [0.3, 0.4) is 0 Å². The lowest BCUT2D eigenvalue weighted by atomic mass is 10.3. The molecule has 0 amide bonds. The third kappa shape index (κ3) is 2.68. The van der Waals surface area contributed by atoms with Crippen molar-refractivity contribution in [2.75, 3.05) is 4.72 Å². The van der Waals surface area contributed by atoms with Gasteiger partial charge in [0, 0.05) is 18.9 Å². The molecule has 0 fully saturated rings. The summed E-state index contributed by atoms with van der Waals surface area (Å²) < 4.78 is 28.0. The van der Waals surface area contributed by atoms with Crippen molar-refractivity contribution in [2.45, 2.75) is 18.9 Å². The molecule has 0 radical (unpaired) electrons. The summed E-state index contributed by atoms with van der Waals surface area (Å²) in [7, 11) is -2.16. The molecule has 0 aliphatic carbocycles. The van der Waals surface area contributed by atoms with E-state index in [1.54, 1.807) is 31.5 Å². The fourth-order valence-electron chi connectivity index (χ4n) is 1.46. The number of hydrogen-bond donors (Lipinski definition) is 2. The van der Waals surface area contributed by atoms with Crippen molar-refractivity contribution in [3.63, 3.8) is 0 Å². The molecule has 0 aromatic carbocycles. The lowest BCUT2D eigenvalue weighted by Gasteiger charge is -2.07.